The van der Waals surface area contributed by atoms with Gasteiger partial charge in [-0.15, -0.1) is 0 Å². The predicted molar refractivity (Wildman–Crippen MR) is 66.7 cm³/mol. The highest BCUT2D eigenvalue weighted by Gasteiger charge is 2.32. The molecule has 84 valence electrons. The van der Waals surface area contributed by atoms with E-state index in [1.54, 1.807) is 5.57 Å². The molecule has 15 heavy (non-hydrogen) atoms. The number of fused-ring (bicyclic) bond motifs is 1. The minimum absolute atomic E-state index is 0.828. The summed E-state index contributed by atoms with van der Waals surface area (Å²) < 4.78 is 0. The van der Waals surface area contributed by atoms with E-state index in [0.717, 1.165) is 17.8 Å². The van der Waals surface area contributed by atoms with Gasteiger partial charge in [0.15, 0.2) is 0 Å². The lowest BCUT2D eigenvalue weighted by molar-refractivity contribution is 0.410. The summed E-state index contributed by atoms with van der Waals surface area (Å²) in [5, 5.41) is 0. The first kappa shape index (κ1) is 11.0. The Morgan fingerprint density at radius 3 is 2.87 bits per heavy atom. The fourth-order valence-electron chi connectivity index (χ4n) is 3.37. The molecule has 0 aliphatic heterocycles. The number of hydrogen-bond donors (Lipinski definition) is 0. The van der Waals surface area contributed by atoms with Crippen LogP contribution in [0.4, 0.5) is 0 Å². The molecule has 0 bridgehead atoms. The molecule has 0 N–H and O–H groups in total. The summed E-state index contributed by atoms with van der Waals surface area (Å²) in [6, 6.07) is 0. The molecule has 0 radical (unpaired) electrons. The summed E-state index contributed by atoms with van der Waals surface area (Å²) >= 11 is 0. The van der Waals surface area contributed by atoms with Crippen LogP contribution in [0.1, 0.15) is 52.4 Å². The third-order valence-corrected chi connectivity index (χ3v) is 4.22. The first-order chi connectivity index (χ1) is 7.29. The number of hydrogen-bond acceptors (Lipinski definition) is 0. The molecule has 0 saturated heterocycles. The van der Waals surface area contributed by atoms with Crippen LogP contribution >= 0.6 is 0 Å². The van der Waals surface area contributed by atoms with Gasteiger partial charge in [-0.25, -0.2) is 0 Å². The van der Waals surface area contributed by atoms with Gasteiger partial charge in [0, 0.05) is 0 Å². The highest BCUT2D eigenvalue weighted by molar-refractivity contribution is 5.22. The van der Waals surface area contributed by atoms with Crippen molar-refractivity contribution in [1.29, 1.82) is 0 Å². The maximum Gasteiger partial charge on any atom is -0.0171 e. The Labute approximate surface area is 94.5 Å². The molecule has 0 spiro atoms. The summed E-state index contributed by atoms with van der Waals surface area (Å²) in [5.74, 6) is 2.64. The number of rotatable bonds is 0. The SMILES string of the molecule is CC1CC(C)C2CCCCC/C=C\C=C\12. The molecule has 3 atom stereocenters. The van der Waals surface area contributed by atoms with E-state index in [-0.39, 0.29) is 0 Å². The summed E-state index contributed by atoms with van der Waals surface area (Å²) in [6.45, 7) is 4.85. The standard InChI is InChI=1S/C15H24/c1-12-11-13(2)15-10-8-6-4-3-5-7-9-14(12)15/h5,7,9,12-13,15H,3-4,6,8,10-11H2,1-2H3/b7-5-,14-9-. The molecule has 1 fully saturated rings. The van der Waals surface area contributed by atoms with Crippen molar-refractivity contribution in [2.75, 3.05) is 0 Å². The van der Waals surface area contributed by atoms with Gasteiger partial charge < -0.3 is 0 Å². The van der Waals surface area contributed by atoms with Crippen molar-refractivity contribution in [3.8, 4) is 0 Å². The highest BCUT2D eigenvalue weighted by atomic mass is 14.4. The van der Waals surface area contributed by atoms with Crippen molar-refractivity contribution in [2.45, 2.75) is 52.4 Å². The minimum atomic E-state index is 0.828. The molecule has 0 nitrogen and oxygen atoms in total. The van der Waals surface area contributed by atoms with E-state index in [0.29, 0.717) is 0 Å². The predicted octanol–water partition coefficient (Wildman–Crippen LogP) is 4.73. The monoisotopic (exact) mass is 204 g/mol. The lowest BCUT2D eigenvalue weighted by atomic mass is 9.87. The zero-order valence-electron chi connectivity index (χ0n) is 10.2. The van der Waals surface area contributed by atoms with Crippen LogP contribution in [0.5, 0.6) is 0 Å². The zero-order chi connectivity index (χ0) is 10.7. The van der Waals surface area contributed by atoms with Crippen molar-refractivity contribution in [2.24, 2.45) is 17.8 Å². The van der Waals surface area contributed by atoms with Gasteiger partial charge in [0.25, 0.3) is 0 Å². The van der Waals surface area contributed by atoms with Gasteiger partial charge in [-0.2, -0.15) is 0 Å². The van der Waals surface area contributed by atoms with Gasteiger partial charge in [0.1, 0.15) is 0 Å². The van der Waals surface area contributed by atoms with E-state index < -0.39 is 0 Å². The molecule has 0 heterocycles. The fourth-order valence-corrected chi connectivity index (χ4v) is 3.37. The Hall–Kier alpha value is -0.520. The number of allylic oxidation sites excluding steroid dienone is 4. The maximum atomic E-state index is 2.44. The van der Waals surface area contributed by atoms with E-state index in [1.165, 1.54) is 38.5 Å². The van der Waals surface area contributed by atoms with Crippen LogP contribution < -0.4 is 0 Å². The second-order valence-corrected chi connectivity index (χ2v) is 5.45. The average Bonchev–Trinajstić information content (AvgIpc) is 2.49. The van der Waals surface area contributed by atoms with E-state index >= 15 is 0 Å². The third-order valence-electron chi connectivity index (χ3n) is 4.22. The highest BCUT2D eigenvalue weighted by Crippen LogP contribution is 2.43. The zero-order valence-corrected chi connectivity index (χ0v) is 10.2. The second kappa shape index (κ2) is 5.01. The van der Waals surface area contributed by atoms with Crippen molar-refractivity contribution in [3.63, 3.8) is 0 Å². The lowest BCUT2D eigenvalue weighted by Gasteiger charge is -2.18. The van der Waals surface area contributed by atoms with Gasteiger partial charge in [-0.3, -0.25) is 0 Å². The Morgan fingerprint density at radius 2 is 2.00 bits per heavy atom. The normalized spacial score (nSPS) is 42.8. The third kappa shape index (κ3) is 2.53. The van der Waals surface area contributed by atoms with Crippen LogP contribution in [-0.4, -0.2) is 0 Å². The molecule has 2 aliphatic carbocycles. The minimum Gasteiger partial charge on any atom is -0.0845 e. The van der Waals surface area contributed by atoms with Gasteiger partial charge in [-0.1, -0.05) is 50.5 Å². The Morgan fingerprint density at radius 1 is 1.13 bits per heavy atom. The van der Waals surface area contributed by atoms with Crippen LogP contribution in [0.3, 0.4) is 0 Å². The van der Waals surface area contributed by atoms with Crippen molar-refractivity contribution in [1.82, 2.24) is 0 Å². The van der Waals surface area contributed by atoms with Gasteiger partial charge >= 0.3 is 0 Å². The Bertz CT molecular complexity index is 259. The Kier molecular flexibility index (Phi) is 3.66. The first-order valence-corrected chi connectivity index (χ1v) is 6.65. The molecular formula is C15H24. The molecule has 2 aliphatic rings. The topological polar surface area (TPSA) is 0 Å². The van der Waals surface area contributed by atoms with Crippen LogP contribution in [0, 0.1) is 17.8 Å². The summed E-state index contributed by atoms with van der Waals surface area (Å²) in [7, 11) is 0. The summed E-state index contributed by atoms with van der Waals surface area (Å²) in [5.41, 5.74) is 1.74. The summed E-state index contributed by atoms with van der Waals surface area (Å²) in [4.78, 5) is 0. The molecule has 2 rings (SSSR count). The smallest absolute Gasteiger partial charge is 0.0171 e. The van der Waals surface area contributed by atoms with E-state index in [2.05, 4.69) is 32.1 Å². The molecule has 0 aromatic heterocycles. The largest absolute Gasteiger partial charge is 0.0845 e. The molecule has 0 amide bonds. The van der Waals surface area contributed by atoms with Gasteiger partial charge in [0.2, 0.25) is 0 Å². The summed E-state index contributed by atoms with van der Waals surface area (Å²) in [6.07, 6.45) is 15.4. The van der Waals surface area contributed by atoms with E-state index in [9.17, 15) is 0 Å². The van der Waals surface area contributed by atoms with Crippen LogP contribution in [0.25, 0.3) is 0 Å². The first-order valence-electron chi connectivity index (χ1n) is 6.65. The second-order valence-electron chi connectivity index (χ2n) is 5.45. The molecule has 1 saturated carbocycles. The van der Waals surface area contributed by atoms with Crippen molar-refractivity contribution in [3.05, 3.63) is 23.8 Å². The van der Waals surface area contributed by atoms with Crippen LogP contribution in [0.2, 0.25) is 0 Å². The molecule has 0 heteroatoms. The lowest BCUT2D eigenvalue weighted by Crippen LogP contribution is -2.06. The van der Waals surface area contributed by atoms with Gasteiger partial charge in [-0.05, 0) is 43.4 Å². The van der Waals surface area contributed by atoms with Gasteiger partial charge in [0.05, 0.1) is 0 Å². The maximum absolute atomic E-state index is 2.44. The molecular weight excluding hydrogens is 180 g/mol. The van der Waals surface area contributed by atoms with Crippen LogP contribution in [0.15, 0.2) is 23.8 Å². The quantitative estimate of drug-likeness (QED) is 0.535. The van der Waals surface area contributed by atoms with E-state index in [1.807, 2.05) is 0 Å². The molecule has 3 unspecified atom stereocenters. The fraction of sp³-hybridized carbons (Fsp3) is 0.733. The molecule has 0 aromatic carbocycles. The average molecular weight is 204 g/mol. The van der Waals surface area contributed by atoms with Crippen LogP contribution in [-0.2, 0) is 0 Å². The Balaban J connectivity index is 2.16. The van der Waals surface area contributed by atoms with Crippen molar-refractivity contribution < 1.29 is 0 Å². The van der Waals surface area contributed by atoms with E-state index in [4.69, 9.17) is 0 Å². The molecule has 0 aromatic rings. The van der Waals surface area contributed by atoms with Crippen molar-refractivity contribution >= 4 is 0 Å².